The van der Waals surface area contributed by atoms with Gasteiger partial charge in [0.1, 0.15) is 4.88 Å². The molecule has 0 aromatic carbocycles. The van der Waals surface area contributed by atoms with E-state index in [0.29, 0.717) is 11.6 Å². The van der Waals surface area contributed by atoms with Crippen molar-refractivity contribution in [3.8, 4) is 10.8 Å². The largest absolute Gasteiger partial charge is 0.397 e. The quantitative estimate of drug-likeness (QED) is 0.925. The number of nitrogens with zero attached hydrogens (tertiary/aromatic N) is 2. The molecule has 0 atom stereocenters. The first kappa shape index (κ1) is 13.0. The van der Waals surface area contributed by atoms with E-state index in [4.69, 9.17) is 10.3 Å². The Morgan fingerprint density at radius 1 is 1.37 bits per heavy atom. The van der Waals surface area contributed by atoms with Crippen LogP contribution in [0.1, 0.15) is 37.9 Å². The lowest BCUT2D eigenvalue weighted by molar-refractivity contribution is 0.426. The van der Waals surface area contributed by atoms with Gasteiger partial charge in [-0.05, 0) is 24.3 Å². The number of nitrogen functional groups attached to an aromatic ring is 1. The molecule has 102 valence electrons. The van der Waals surface area contributed by atoms with Gasteiger partial charge < -0.3 is 10.3 Å². The van der Waals surface area contributed by atoms with Crippen LogP contribution >= 0.6 is 23.1 Å². The Hall–Kier alpha value is -1.01. The number of thioether (sulfide) groups is 1. The lowest BCUT2D eigenvalue weighted by Gasteiger charge is -2.19. The van der Waals surface area contributed by atoms with Gasteiger partial charge in [0.15, 0.2) is 5.82 Å². The van der Waals surface area contributed by atoms with Gasteiger partial charge in [0.25, 0.3) is 5.89 Å². The van der Waals surface area contributed by atoms with Crippen molar-refractivity contribution in [2.75, 3.05) is 5.73 Å². The topological polar surface area (TPSA) is 64.9 Å². The molecule has 0 unspecified atom stereocenters. The van der Waals surface area contributed by atoms with Gasteiger partial charge in [0.05, 0.1) is 11.4 Å². The number of rotatable bonds is 4. The smallest absolute Gasteiger partial charge is 0.270 e. The number of thiophene rings is 1. The van der Waals surface area contributed by atoms with E-state index in [0.717, 1.165) is 21.7 Å². The minimum absolute atomic E-state index is 0.548. The molecule has 1 saturated carbocycles. The molecule has 0 aliphatic heterocycles. The van der Waals surface area contributed by atoms with Crippen LogP contribution in [0.25, 0.3) is 10.8 Å². The molecular formula is C13H17N3OS2. The molecule has 19 heavy (non-hydrogen) atoms. The highest BCUT2D eigenvalue weighted by Crippen LogP contribution is 2.32. The Bertz CT molecular complexity index is 531. The summed E-state index contributed by atoms with van der Waals surface area (Å²) in [5.41, 5.74) is 6.56. The molecule has 0 radical (unpaired) electrons. The minimum atomic E-state index is 0.548. The molecule has 3 rings (SSSR count). The summed E-state index contributed by atoms with van der Waals surface area (Å²) in [6, 6.07) is 1.86. The molecule has 2 aromatic heterocycles. The van der Waals surface area contributed by atoms with Crippen LogP contribution in [0.2, 0.25) is 0 Å². The molecule has 2 aromatic rings. The maximum atomic E-state index is 5.85. The van der Waals surface area contributed by atoms with Crippen LogP contribution in [0.5, 0.6) is 0 Å². The Labute approximate surface area is 120 Å². The van der Waals surface area contributed by atoms with Crippen molar-refractivity contribution in [2.45, 2.75) is 43.1 Å². The molecule has 4 nitrogen and oxygen atoms in total. The fraction of sp³-hybridized carbons (Fsp3) is 0.538. The molecule has 1 aliphatic carbocycles. The van der Waals surface area contributed by atoms with Crippen LogP contribution in [0.3, 0.4) is 0 Å². The number of hydrogen-bond acceptors (Lipinski definition) is 6. The highest BCUT2D eigenvalue weighted by atomic mass is 32.2. The third kappa shape index (κ3) is 3.12. The predicted molar refractivity (Wildman–Crippen MR) is 80.2 cm³/mol. The summed E-state index contributed by atoms with van der Waals surface area (Å²) in [6.07, 6.45) is 6.77. The zero-order valence-corrected chi connectivity index (χ0v) is 12.3. The van der Waals surface area contributed by atoms with E-state index in [-0.39, 0.29) is 0 Å². The van der Waals surface area contributed by atoms with E-state index < -0.39 is 0 Å². The van der Waals surface area contributed by atoms with E-state index in [1.165, 1.54) is 43.4 Å². The molecule has 1 fully saturated rings. The molecule has 6 heteroatoms. The molecule has 0 spiro atoms. The van der Waals surface area contributed by atoms with Gasteiger partial charge in [0, 0.05) is 5.25 Å². The van der Waals surface area contributed by atoms with E-state index in [9.17, 15) is 0 Å². The average Bonchev–Trinajstić information content (AvgIpc) is 3.06. The first-order chi connectivity index (χ1) is 9.33. The summed E-state index contributed by atoms with van der Waals surface area (Å²) in [5.74, 6) is 2.16. The maximum Gasteiger partial charge on any atom is 0.270 e. The maximum absolute atomic E-state index is 5.85. The van der Waals surface area contributed by atoms with Crippen LogP contribution in [0.15, 0.2) is 16.0 Å². The Kier molecular flexibility index (Phi) is 4.08. The third-order valence-corrected chi connectivity index (χ3v) is 5.64. The van der Waals surface area contributed by atoms with E-state index >= 15 is 0 Å². The van der Waals surface area contributed by atoms with Crippen molar-refractivity contribution in [1.82, 2.24) is 10.1 Å². The average molecular weight is 295 g/mol. The normalized spacial score (nSPS) is 16.8. The zero-order valence-electron chi connectivity index (χ0n) is 10.7. The lowest BCUT2D eigenvalue weighted by Crippen LogP contribution is -2.08. The van der Waals surface area contributed by atoms with Gasteiger partial charge in [-0.1, -0.05) is 24.4 Å². The highest BCUT2D eigenvalue weighted by molar-refractivity contribution is 7.99. The van der Waals surface area contributed by atoms with E-state index in [2.05, 4.69) is 10.1 Å². The summed E-state index contributed by atoms with van der Waals surface area (Å²) in [7, 11) is 0. The van der Waals surface area contributed by atoms with Crippen LogP contribution in [-0.4, -0.2) is 15.4 Å². The second kappa shape index (κ2) is 5.96. The third-order valence-electron chi connectivity index (χ3n) is 3.36. The first-order valence-corrected chi connectivity index (χ1v) is 8.53. The van der Waals surface area contributed by atoms with Gasteiger partial charge in [0.2, 0.25) is 0 Å². The SMILES string of the molecule is Nc1ccsc1-c1nc(CSC2CCCCC2)no1. The van der Waals surface area contributed by atoms with Gasteiger partial charge >= 0.3 is 0 Å². The monoisotopic (exact) mass is 295 g/mol. The summed E-state index contributed by atoms with van der Waals surface area (Å²) >= 11 is 3.49. The van der Waals surface area contributed by atoms with Gasteiger partial charge in [-0.25, -0.2) is 0 Å². The molecule has 0 amide bonds. The second-order valence-corrected chi connectivity index (χ2v) is 7.00. The van der Waals surface area contributed by atoms with Crippen LogP contribution in [0, 0.1) is 0 Å². The van der Waals surface area contributed by atoms with Crippen molar-refractivity contribution in [1.29, 1.82) is 0 Å². The van der Waals surface area contributed by atoms with Crippen molar-refractivity contribution < 1.29 is 4.52 Å². The number of hydrogen-bond donors (Lipinski definition) is 1. The summed E-state index contributed by atoms with van der Waals surface area (Å²) in [5, 5.41) is 6.74. The predicted octanol–water partition coefficient (Wildman–Crippen LogP) is 3.95. The molecule has 2 N–H and O–H groups in total. The van der Waals surface area contributed by atoms with Gasteiger partial charge in [-0.2, -0.15) is 16.7 Å². The second-order valence-electron chi connectivity index (χ2n) is 4.79. The Morgan fingerprint density at radius 2 is 2.21 bits per heavy atom. The van der Waals surface area contributed by atoms with Crippen LogP contribution < -0.4 is 5.73 Å². The van der Waals surface area contributed by atoms with Crippen molar-refractivity contribution in [2.24, 2.45) is 0 Å². The number of anilines is 1. The number of nitrogens with two attached hydrogens (primary N) is 1. The lowest BCUT2D eigenvalue weighted by atomic mass is 10.0. The summed E-state index contributed by atoms with van der Waals surface area (Å²) in [4.78, 5) is 5.31. The first-order valence-electron chi connectivity index (χ1n) is 6.60. The fourth-order valence-corrected chi connectivity index (χ4v) is 4.23. The van der Waals surface area contributed by atoms with Gasteiger partial charge in [-0.3, -0.25) is 0 Å². The van der Waals surface area contributed by atoms with E-state index in [1.807, 2.05) is 23.2 Å². The Balaban J connectivity index is 1.60. The zero-order chi connectivity index (χ0) is 13.1. The summed E-state index contributed by atoms with van der Waals surface area (Å²) in [6.45, 7) is 0. The standard InChI is InChI=1S/C13H17N3OS2/c14-10-6-7-18-12(10)13-15-11(16-17-13)8-19-9-4-2-1-3-5-9/h6-7,9H,1-5,8,14H2. The summed E-state index contributed by atoms with van der Waals surface area (Å²) < 4.78 is 5.29. The minimum Gasteiger partial charge on any atom is -0.397 e. The highest BCUT2D eigenvalue weighted by Gasteiger charge is 2.17. The molecule has 1 aliphatic rings. The van der Waals surface area contributed by atoms with Gasteiger partial charge in [-0.15, -0.1) is 11.3 Å². The Morgan fingerprint density at radius 3 is 2.95 bits per heavy atom. The molecule has 0 bridgehead atoms. The van der Waals surface area contributed by atoms with Crippen molar-refractivity contribution in [3.63, 3.8) is 0 Å². The van der Waals surface area contributed by atoms with Crippen molar-refractivity contribution >= 4 is 28.8 Å². The van der Waals surface area contributed by atoms with Crippen LogP contribution in [0.4, 0.5) is 5.69 Å². The molecule has 0 saturated heterocycles. The van der Waals surface area contributed by atoms with Crippen LogP contribution in [-0.2, 0) is 5.75 Å². The van der Waals surface area contributed by atoms with Crippen molar-refractivity contribution in [3.05, 3.63) is 17.3 Å². The fourth-order valence-electron chi connectivity index (χ4n) is 2.32. The number of aromatic nitrogens is 2. The van der Waals surface area contributed by atoms with E-state index in [1.54, 1.807) is 0 Å². The molecule has 2 heterocycles. The molecular weight excluding hydrogens is 278 g/mol.